The van der Waals surface area contributed by atoms with Gasteiger partial charge in [0.15, 0.2) is 6.10 Å². The van der Waals surface area contributed by atoms with E-state index >= 15 is 0 Å². The molecule has 0 aromatic carbocycles. The minimum atomic E-state index is -0.827. The third-order valence-electron chi connectivity index (χ3n) is 4.08. The predicted molar refractivity (Wildman–Crippen MR) is 64.9 cm³/mol. The lowest BCUT2D eigenvalue weighted by Crippen LogP contribution is -2.47. The average molecular weight is 241 g/mol. The van der Waals surface area contributed by atoms with Crippen LogP contribution in [0.3, 0.4) is 0 Å². The molecule has 2 aliphatic rings. The van der Waals surface area contributed by atoms with Crippen molar-refractivity contribution in [2.75, 3.05) is 26.2 Å². The van der Waals surface area contributed by atoms with Crippen molar-refractivity contribution < 1.29 is 14.6 Å². The Morgan fingerprint density at radius 1 is 1.35 bits per heavy atom. The van der Waals surface area contributed by atoms with E-state index in [9.17, 15) is 4.79 Å². The van der Waals surface area contributed by atoms with E-state index in [1.807, 2.05) is 0 Å². The molecule has 4 nitrogen and oxygen atoms in total. The molecule has 1 aliphatic heterocycles. The zero-order valence-corrected chi connectivity index (χ0v) is 10.6. The van der Waals surface area contributed by atoms with Crippen LogP contribution in [0.4, 0.5) is 0 Å². The van der Waals surface area contributed by atoms with Crippen molar-refractivity contribution in [3.8, 4) is 0 Å². The van der Waals surface area contributed by atoms with Crippen molar-refractivity contribution in [2.45, 2.75) is 38.7 Å². The molecule has 0 bridgehead atoms. The predicted octanol–water partition coefficient (Wildman–Crippen LogP) is 1.60. The quantitative estimate of drug-likeness (QED) is 0.815. The summed E-state index contributed by atoms with van der Waals surface area (Å²) in [6.45, 7) is 5.38. The summed E-state index contributed by atoms with van der Waals surface area (Å²) in [6, 6.07) is 0. The standard InChI is InChI=1S/C13H23NO3/c1-10-2-4-11(5-3-10)8-14-6-7-17-12(9-14)13(15)16/h10-12H,2-9H2,1H3,(H,15,16). The van der Waals surface area contributed by atoms with Crippen LogP contribution < -0.4 is 0 Å². The summed E-state index contributed by atoms with van der Waals surface area (Å²) in [5.41, 5.74) is 0. The number of rotatable bonds is 3. The lowest BCUT2D eigenvalue weighted by Gasteiger charge is -2.35. The van der Waals surface area contributed by atoms with Gasteiger partial charge in [0.1, 0.15) is 0 Å². The Morgan fingerprint density at radius 2 is 2.06 bits per heavy atom. The molecular weight excluding hydrogens is 218 g/mol. The van der Waals surface area contributed by atoms with Crippen molar-refractivity contribution in [3.63, 3.8) is 0 Å². The van der Waals surface area contributed by atoms with Crippen molar-refractivity contribution in [1.29, 1.82) is 0 Å². The molecule has 4 heteroatoms. The van der Waals surface area contributed by atoms with Crippen LogP contribution in [-0.2, 0) is 9.53 Å². The van der Waals surface area contributed by atoms with Crippen molar-refractivity contribution >= 4 is 5.97 Å². The van der Waals surface area contributed by atoms with Gasteiger partial charge in [0.25, 0.3) is 0 Å². The lowest BCUT2D eigenvalue weighted by atomic mass is 9.83. The monoisotopic (exact) mass is 241 g/mol. The molecule has 0 amide bonds. The molecule has 0 spiro atoms. The van der Waals surface area contributed by atoms with E-state index in [0.717, 1.165) is 24.9 Å². The first-order chi connectivity index (χ1) is 8.15. The second kappa shape index (κ2) is 5.83. The highest BCUT2D eigenvalue weighted by Crippen LogP contribution is 2.29. The lowest BCUT2D eigenvalue weighted by molar-refractivity contribution is -0.156. The second-order valence-electron chi connectivity index (χ2n) is 5.58. The highest BCUT2D eigenvalue weighted by atomic mass is 16.5. The highest BCUT2D eigenvalue weighted by molar-refractivity contribution is 5.72. The Labute approximate surface area is 103 Å². The van der Waals surface area contributed by atoms with Gasteiger partial charge in [0.05, 0.1) is 6.61 Å². The fourth-order valence-corrected chi connectivity index (χ4v) is 2.89. The second-order valence-corrected chi connectivity index (χ2v) is 5.58. The van der Waals surface area contributed by atoms with E-state index in [1.54, 1.807) is 0 Å². The van der Waals surface area contributed by atoms with Crippen molar-refractivity contribution in [3.05, 3.63) is 0 Å². The van der Waals surface area contributed by atoms with Crippen molar-refractivity contribution in [2.24, 2.45) is 11.8 Å². The Hall–Kier alpha value is -0.610. The van der Waals surface area contributed by atoms with E-state index < -0.39 is 12.1 Å². The van der Waals surface area contributed by atoms with Gasteiger partial charge in [-0.05, 0) is 24.7 Å². The largest absolute Gasteiger partial charge is 0.479 e. The third kappa shape index (κ3) is 3.68. The zero-order valence-electron chi connectivity index (χ0n) is 10.6. The Bertz CT molecular complexity index is 261. The summed E-state index contributed by atoms with van der Waals surface area (Å²) in [5.74, 6) is 0.813. The van der Waals surface area contributed by atoms with Crippen LogP contribution in [0, 0.1) is 11.8 Å². The van der Waals surface area contributed by atoms with Gasteiger partial charge in [-0.25, -0.2) is 4.79 Å². The SMILES string of the molecule is CC1CCC(CN2CCOC(C(=O)O)C2)CC1. The van der Waals surface area contributed by atoms with Crippen LogP contribution in [0.25, 0.3) is 0 Å². The first kappa shape index (κ1) is 12.8. The number of carbonyl (C=O) groups is 1. The van der Waals surface area contributed by atoms with Crippen LogP contribution in [0.15, 0.2) is 0 Å². The molecule has 17 heavy (non-hydrogen) atoms. The number of hydrogen-bond donors (Lipinski definition) is 1. The Balaban J connectivity index is 1.76. The maximum atomic E-state index is 10.9. The fourth-order valence-electron chi connectivity index (χ4n) is 2.89. The van der Waals surface area contributed by atoms with Crippen molar-refractivity contribution in [1.82, 2.24) is 4.90 Å². The number of aliphatic carboxylic acids is 1. The topological polar surface area (TPSA) is 49.8 Å². The summed E-state index contributed by atoms with van der Waals surface area (Å²) in [5, 5.41) is 8.94. The molecule has 98 valence electrons. The number of ether oxygens (including phenoxy) is 1. The molecule has 0 aromatic heterocycles. The molecular formula is C13H23NO3. The first-order valence-electron chi connectivity index (χ1n) is 6.72. The van der Waals surface area contributed by atoms with Gasteiger partial charge in [-0.2, -0.15) is 0 Å². The van der Waals surface area contributed by atoms with Crippen LogP contribution in [0.5, 0.6) is 0 Å². The molecule has 1 N–H and O–H groups in total. The Kier molecular flexibility index (Phi) is 4.40. The third-order valence-corrected chi connectivity index (χ3v) is 4.08. The zero-order chi connectivity index (χ0) is 12.3. The van der Waals surface area contributed by atoms with E-state index in [0.29, 0.717) is 13.2 Å². The van der Waals surface area contributed by atoms with Crippen LogP contribution in [-0.4, -0.2) is 48.3 Å². The summed E-state index contributed by atoms with van der Waals surface area (Å²) >= 11 is 0. The van der Waals surface area contributed by atoms with Gasteiger partial charge in [-0.1, -0.05) is 19.8 Å². The number of carboxylic acid groups (broad SMARTS) is 1. The smallest absolute Gasteiger partial charge is 0.334 e. The molecule has 2 rings (SSSR count). The van der Waals surface area contributed by atoms with Crippen LogP contribution >= 0.6 is 0 Å². The molecule has 1 unspecified atom stereocenters. The highest BCUT2D eigenvalue weighted by Gasteiger charge is 2.28. The van der Waals surface area contributed by atoms with Gasteiger partial charge in [0.2, 0.25) is 0 Å². The van der Waals surface area contributed by atoms with E-state index in [1.165, 1.54) is 25.7 Å². The van der Waals surface area contributed by atoms with Gasteiger partial charge in [0, 0.05) is 19.6 Å². The van der Waals surface area contributed by atoms with Gasteiger partial charge < -0.3 is 9.84 Å². The molecule has 0 radical (unpaired) electrons. The molecule has 0 aromatic rings. The number of carboxylic acids is 1. The number of morpholine rings is 1. The summed E-state index contributed by atoms with van der Waals surface area (Å²) < 4.78 is 5.23. The van der Waals surface area contributed by atoms with E-state index in [2.05, 4.69) is 11.8 Å². The summed E-state index contributed by atoms with van der Waals surface area (Å²) in [6.07, 6.45) is 4.65. The maximum absolute atomic E-state index is 10.9. The minimum absolute atomic E-state index is 0.556. The minimum Gasteiger partial charge on any atom is -0.479 e. The van der Waals surface area contributed by atoms with Crippen LogP contribution in [0.2, 0.25) is 0 Å². The van der Waals surface area contributed by atoms with E-state index in [-0.39, 0.29) is 0 Å². The average Bonchev–Trinajstić information content (AvgIpc) is 2.32. The Morgan fingerprint density at radius 3 is 2.71 bits per heavy atom. The molecule has 1 heterocycles. The summed E-state index contributed by atoms with van der Waals surface area (Å²) in [7, 11) is 0. The molecule has 2 fully saturated rings. The van der Waals surface area contributed by atoms with Gasteiger partial charge >= 0.3 is 5.97 Å². The molecule has 1 saturated carbocycles. The fraction of sp³-hybridized carbons (Fsp3) is 0.923. The van der Waals surface area contributed by atoms with E-state index in [4.69, 9.17) is 9.84 Å². The molecule has 1 saturated heterocycles. The molecule has 1 atom stereocenters. The number of nitrogens with zero attached hydrogens (tertiary/aromatic N) is 1. The normalized spacial score (nSPS) is 35.7. The first-order valence-corrected chi connectivity index (χ1v) is 6.72. The maximum Gasteiger partial charge on any atom is 0.334 e. The molecule has 1 aliphatic carbocycles. The van der Waals surface area contributed by atoms with Gasteiger partial charge in [-0.15, -0.1) is 0 Å². The number of hydrogen-bond acceptors (Lipinski definition) is 3. The summed E-state index contributed by atoms with van der Waals surface area (Å²) in [4.78, 5) is 13.2. The van der Waals surface area contributed by atoms with Gasteiger partial charge in [-0.3, -0.25) is 4.90 Å². The van der Waals surface area contributed by atoms with Crippen LogP contribution in [0.1, 0.15) is 32.6 Å².